The van der Waals surface area contributed by atoms with E-state index in [9.17, 15) is 0 Å². The third-order valence-corrected chi connectivity index (χ3v) is 4.44. The molecular formula is C22H14O2. The number of benzene rings is 3. The minimum absolute atomic E-state index is 0.875. The minimum Gasteiger partial charge on any atom is -0.464 e. The summed E-state index contributed by atoms with van der Waals surface area (Å²) in [5.41, 5.74) is 6.21. The highest BCUT2D eigenvalue weighted by atomic mass is 16.3. The molecule has 0 atom stereocenters. The molecule has 3 aromatic carbocycles. The molecule has 0 spiro atoms. The van der Waals surface area contributed by atoms with Crippen molar-refractivity contribution >= 4 is 21.9 Å². The highest BCUT2D eigenvalue weighted by Crippen LogP contribution is 2.37. The summed E-state index contributed by atoms with van der Waals surface area (Å²) in [5, 5.41) is 2.14. The van der Waals surface area contributed by atoms with E-state index in [1.807, 2.05) is 48.9 Å². The Hall–Kier alpha value is -3.26. The molecule has 0 amide bonds. The minimum atomic E-state index is 0.875. The van der Waals surface area contributed by atoms with Gasteiger partial charge < -0.3 is 8.83 Å². The van der Waals surface area contributed by atoms with Crippen molar-refractivity contribution in [2.24, 2.45) is 0 Å². The lowest BCUT2D eigenvalue weighted by atomic mass is 10.0. The zero-order valence-corrected chi connectivity index (χ0v) is 12.9. The molecule has 5 aromatic rings. The van der Waals surface area contributed by atoms with Gasteiger partial charge in [0.15, 0.2) is 0 Å². The van der Waals surface area contributed by atoms with Crippen LogP contribution in [0.25, 0.3) is 44.2 Å². The normalized spacial score (nSPS) is 11.3. The molecule has 0 saturated carbocycles. The highest BCUT2D eigenvalue weighted by molar-refractivity contribution is 6.05. The molecule has 24 heavy (non-hydrogen) atoms. The molecule has 2 aromatic heterocycles. The molecule has 2 heterocycles. The first kappa shape index (κ1) is 13.2. The van der Waals surface area contributed by atoms with Crippen LogP contribution in [0.2, 0.25) is 0 Å². The van der Waals surface area contributed by atoms with Crippen LogP contribution in [0.4, 0.5) is 0 Å². The molecule has 2 nitrogen and oxygen atoms in total. The second kappa shape index (κ2) is 5.14. The first-order chi connectivity index (χ1) is 11.9. The van der Waals surface area contributed by atoms with Gasteiger partial charge in [-0.3, -0.25) is 0 Å². The van der Waals surface area contributed by atoms with Crippen LogP contribution < -0.4 is 0 Å². The molecule has 5 rings (SSSR count). The van der Waals surface area contributed by atoms with Crippen molar-refractivity contribution in [2.45, 2.75) is 0 Å². The Balaban J connectivity index is 1.75. The second-order valence-electron chi connectivity index (χ2n) is 5.88. The lowest BCUT2D eigenvalue weighted by Gasteiger charge is -1.99. The maximum Gasteiger partial charge on any atom is 0.135 e. The quantitative estimate of drug-likeness (QED) is 0.371. The molecule has 0 bridgehead atoms. The van der Waals surface area contributed by atoms with Crippen molar-refractivity contribution in [3.8, 4) is 22.3 Å². The zero-order chi connectivity index (χ0) is 15.9. The van der Waals surface area contributed by atoms with E-state index in [0.717, 1.165) is 44.2 Å². The maximum absolute atomic E-state index is 5.83. The predicted molar refractivity (Wildman–Crippen MR) is 96.9 cm³/mol. The number of rotatable bonds is 2. The summed E-state index contributed by atoms with van der Waals surface area (Å²) in [5.74, 6) is 0. The SMILES string of the molecule is c1ccc(-c2coc3cc4c(-c5ccccc5)coc4cc23)cc1. The van der Waals surface area contributed by atoms with Crippen LogP contribution in [0.5, 0.6) is 0 Å². The first-order valence-electron chi connectivity index (χ1n) is 7.93. The Morgan fingerprint density at radius 2 is 0.917 bits per heavy atom. The summed E-state index contributed by atoms with van der Waals surface area (Å²) in [6.45, 7) is 0. The summed E-state index contributed by atoms with van der Waals surface area (Å²) in [6, 6.07) is 24.7. The monoisotopic (exact) mass is 310 g/mol. The lowest BCUT2D eigenvalue weighted by molar-refractivity contribution is 0.613. The van der Waals surface area contributed by atoms with Gasteiger partial charge in [-0.1, -0.05) is 60.7 Å². The fraction of sp³-hybridized carbons (Fsp3) is 0. The third kappa shape index (κ3) is 1.97. The summed E-state index contributed by atoms with van der Waals surface area (Å²) < 4.78 is 11.7. The largest absolute Gasteiger partial charge is 0.464 e. The van der Waals surface area contributed by atoms with E-state index in [4.69, 9.17) is 8.83 Å². The molecule has 0 aliphatic heterocycles. The zero-order valence-electron chi connectivity index (χ0n) is 12.9. The Labute approximate surface area is 138 Å². The van der Waals surface area contributed by atoms with Gasteiger partial charge in [0.25, 0.3) is 0 Å². The number of fused-ring (bicyclic) bond motifs is 2. The van der Waals surface area contributed by atoms with Gasteiger partial charge >= 0.3 is 0 Å². The van der Waals surface area contributed by atoms with E-state index in [-0.39, 0.29) is 0 Å². The number of hydrogen-bond acceptors (Lipinski definition) is 2. The van der Waals surface area contributed by atoms with Crippen LogP contribution in [0, 0.1) is 0 Å². The van der Waals surface area contributed by atoms with Crippen LogP contribution in [0.1, 0.15) is 0 Å². The Bertz CT molecular complexity index is 1040. The molecule has 2 heteroatoms. The maximum atomic E-state index is 5.83. The number of furan rings is 2. The van der Waals surface area contributed by atoms with Crippen LogP contribution in [0.15, 0.2) is 94.2 Å². The van der Waals surface area contributed by atoms with Crippen molar-refractivity contribution in [1.29, 1.82) is 0 Å². The highest BCUT2D eigenvalue weighted by Gasteiger charge is 2.14. The van der Waals surface area contributed by atoms with Crippen molar-refractivity contribution in [3.05, 3.63) is 85.3 Å². The molecule has 0 N–H and O–H groups in total. The van der Waals surface area contributed by atoms with Gasteiger partial charge in [-0.2, -0.15) is 0 Å². The number of hydrogen-bond donors (Lipinski definition) is 0. The van der Waals surface area contributed by atoms with Crippen molar-refractivity contribution in [2.75, 3.05) is 0 Å². The Morgan fingerprint density at radius 3 is 1.33 bits per heavy atom. The molecule has 0 unspecified atom stereocenters. The predicted octanol–water partition coefficient (Wildman–Crippen LogP) is 6.51. The smallest absolute Gasteiger partial charge is 0.135 e. The van der Waals surface area contributed by atoms with E-state index < -0.39 is 0 Å². The Kier molecular flexibility index (Phi) is 2.83. The lowest BCUT2D eigenvalue weighted by Crippen LogP contribution is -1.76. The molecule has 0 aliphatic carbocycles. The molecule has 0 fully saturated rings. The average molecular weight is 310 g/mol. The average Bonchev–Trinajstić information content (AvgIpc) is 3.25. The van der Waals surface area contributed by atoms with E-state index in [1.165, 1.54) is 0 Å². The van der Waals surface area contributed by atoms with Crippen LogP contribution >= 0.6 is 0 Å². The summed E-state index contributed by atoms with van der Waals surface area (Å²) >= 11 is 0. The van der Waals surface area contributed by atoms with Gasteiger partial charge in [0.1, 0.15) is 11.2 Å². The fourth-order valence-corrected chi connectivity index (χ4v) is 3.23. The van der Waals surface area contributed by atoms with Gasteiger partial charge in [0.05, 0.1) is 12.5 Å². The summed E-state index contributed by atoms with van der Waals surface area (Å²) in [7, 11) is 0. The van der Waals surface area contributed by atoms with Crippen LogP contribution in [-0.2, 0) is 0 Å². The van der Waals surface area contributed by atoms with Crippen LogP contribution in [0.3, 0.4) is 0 Å². The topological polar surface area (TPSA) is 26.3 Å². The van der Waals surface area contributed by atoms with E-state index >= 15 is 0 Å². The van der Waals surface area contributed by atoms with E-state index in [2.05, 4.69) is 36.4 Å². The van der Waals surface area contributed by atoms with Crippen molar-refractivity contribution < 1.29 is 8.83 Å². The van der Waals surface area contributed by atoms with Crippen molar-refractivity contribution in [1.82, 2.24) is 0 Å². The summed E-state index contributed by atoms with van der Waals surface area (Å²) in [6.07, 6.45) is 3.64. The van der Waals surface area contributed by atoms with Crippen LogP contribution in [-0.4, -0.2) is 0 Å². The van der Waals surface area contributed by atoms with Gasteiger partial charge in [0.2, 0.25) is 0 Å². The van der Waals surface area contributed by atoms with E-state index in [0.29, 0.717) is 0 Å². The third-order valence-electron chi connectivity index (χ3n) is 4.44. The fourth-order valence-electron chi connectivity index (χ4n) is 3.23. The van der Waals surface area contributed by atoms with Gasteiger partial charge in [-0.25, -0.2) is 0 Å². The van der Waals surface area contributed by atoms with Crippen molar-refractivity contribution in [3.63, 3.8) is 0 Å². The molecule has 0 aliphatic rings. The Morgan fingerprint density at radius 1 is 0.500 bits per heavy atom. The summed E-state index contributed by atoms with van der Waals surface area (Å²) in [4.78, 5) is 0. The second-order valence-corrected chi connectivity index (χ2v) is 5.88. The van der Waals surface area contributed by atoms with Gasteiger partial charge in [0, 0.05) is 21.9 Å². The van der Waals surface area contributed by atoms with Gasteiger partial charge in [-0.15, -0.1) is 0 Å². The standard InChI is InChI=1S/C22H14O2/c1-3-7-15(8-4-1)19-13-23-21-12-18-20(16-9-5-2-6-10-16)14-24-22(18)11-17(19)21/h1-14H. The molecular weight excluding hydrogens is 296 g/mol. The molecule has 0 saturated heterocycles. The molecule has 114 valence electrons. The first-order valence-corrected chi connectivity index (χ1v) is 7.93. The van der Waals surface area contributed by atoms with Gasteiger partial charge in [-0.05, 0) is 23.3 Å². The molecule has 0 radical (unpaired) electrons. The van der Waals surface area contributed by atoms with E-state index in [1.54, 1.807) is 0 Å².